The number of hydrogen-bond acceptors (Lipinski definition) is 5. The van der Waals surface area contributed by atoms with E-state index in [0.29, 0.717) is 22.6 Å². The maximum Gasteiger partial charge on any atom is 0.334 e. The van der Waals surface area contributed by atoms with Crippen LogP contribution in [-0.4, -0.2) is 31.0 Å². The molecular weight excluding hydrogens is 408 g/mol. The highest BCUT2D eigenvalue weighted by Gasteiger charge is 2.28. The van der Waals surface area contributed by atoms with E-state index in [1.165, 1.54) is 6.92 Å². The Kier molecular flexibility index (Phi) is 7.59. The van der Waals surface area contributed by atoms with Crippen LogP contribution in [0.15, 0.2) is 84.9 Å². The van der Waals surface area contributed by atoms with Gasteiger partial charge < -0.3 is 20.1 Å². The van der Waals surface area contributed by atoms with Crippen molar-refractivity contribution in [2.45, 2.75) is 19.1 Å². The molecule has 0 aliphatic rings. The Morgan fingerprint density at radius 3 is 2.00 bits per heavy atom. The first-order valence-corrected chi connectivity index (χ1v) is 10.0. The first-order valence-electron chi connectivity index (χ1n) is 10.0. The minimum Gasteiger partial charge on any atom is -0.497 e. The van der Waals surface area contributed by atoms with E-state index in [0.717, 1.165) is 0 Å². The third-order valence-corrected chi connectivity index (χ3v) is 4.70. The van der Waals surface area contributed by atoms with Crippen LogP contribution in [0.2, 0.25) is 0 Å². The van der Waals surface area contributed by atoms with Crippen molar-refractivity contribution in [3.05, 3.63) is 96.1 Å². The van der Waals surface area contributed by atoms with Crippen LogP contribution in [-0.2, 0) is 14.3 Å². The molecule has 0 heterocycles. The maximum atomic E-state index is 12.9. The molecular formula is C25H24N2O5. The molecule has 0 aliphatic carbocycles. The minimum absolute atomic E-state index is 0.409. The summed E-state index contributed by atoms with van der Waals surface area (Å²) >= 11 is 0. The van der Waals surface area contributed by atoms with Gasteiger partial charge in [-0.15, -0.1) is 0 Å². The summed E-state index contributed by atoms with van der Waals surface area (Å²) in [5.41, 5.74) is 1.49. The van der Waals surface area contributed by atoms with E-state index in [-0.39, 0.29) is 0 Å². The van der Waals surface area contributed by atoms with Crippen LogP contribution in [0.3, 0.4) is 0 Å². The van der Waals surface area contributed by atoms with E-state index in [1.807, 2.05) is 0 Å². The van der Waals surface area contributed by atoms with Gasteiger partial charge in [0, 0.05) is 11.3 Å². The highest BCUT2D eigenvalue weighted by atomic mass is 16.5. The minimum atomic E-state index is -1.08. The van der Waals surface area contributed by atoms with Crippen molar-refractivity contribution in [1.82, 2.24) is 5.32 Å². The second-order valence-corrected chi connectivity index (χ2v) is 6.98. The number of anilines is 1. The first-order chi connectivity index (χ1) is 15.5. The molecule has 32 heavy (non-hydrogen) atoms. The fourth-order valence-corrected chi connectivity index (χ4v) is 2.94. The molecule has 7 heteroatoms. The third kappa shape index (κ3) is 5.95. The first kappa shape index (κ1) is 22.6. The van der Waals surface area contributed by atoms with Gasteiger partial charge in [0.2, 0.25) is 0 Å². The summed E-state index contributed by atoms with van der Waals surface area (Å²) in [4.78, 5) is 38.1. The summed E-state index contributed by atoms with van der Waals surface area (Å²) in [6, 6.07) is 23.0. The average molecular weight is 432 g/mol. The molecule has 0 saturated carbocycles. The van der Waals surface area contributed by atoms with Gasteiger partial charge in [0.1, 0.15) is 5.75 Å². The van der Waals surface area contributed by atoms with Crippen molar-refractivity contribution < 1.29 is 23.9 Å². The Hall–Kier alpha value is -4.13. The van der Waals surface area contributed by atoms with Crippen LogP contribution in [0.25, 0.3) is 0 Å². The quantitative estimate of drug-likeness (QED) is 0.529. The molecule has 0 bridgehead atoms. The number of nitrogens with one attached hydrogen (secondary N) is 2. The Morgan fingerprint density at radius 2 is 1.41 bits per heavy atom. The number of esters is 1. The van der Waals surface area contributed by atoms with Crippen LogP contribution in [0.5, 0.6) is 5.75 Å². The monoisotopic (exact) mass is 432 g/mol. The van der Waals surface area contributed by atoms with Gasteiger partial charge >= 0.3 is 5.97 Å². The van der Waals surface area contributed by atoms with Crippen molar-refractivity contribution in [2.75, 3.05) is 12.4 Å². The Morgan fingerprint density at radius 1 is 0.812 bits per heavy atom. The maximum absolute atomic E-state index is 12.9. The van der Waals surface area contributed by atoms with Crippen LogP contribution >= 0.6 is 0 Å². The predicted molar refractivity (Wildman–Crippen MR) is 120 cm³/mol. The van der Waals surface area contributed by atoms with Gasteiger partial charge in [-0.25, -0.2) is 4.79 Å². The Bertz CT molecular complexity index is 1050. The molecule has 0 radical (unpaired) electrons. The zero-order valence-corrected chi connectivity index (χ0v) is 17.8. The SMILES string of the molecule is COc1ccc(NC(=O)[C@@H](C)OC(=O)[C@H](NC(=O)c2ccccc2)c2ccccc2)cc1. The molecule has 2 amide bonds. The smallest absolute Gasteiger partial charge is 0.334 e. The molecule has 3 rings (SSSR count). The number of rotatable bonds is 8. The van der Waals surface area contributed by atoms with E-state index in [2.05, 4.69) is 10.6 Å². The van der Waals surface area contributed by atoms with Gasteiger partial charge in [-0.05, 0) is 48.9 Å². The van der Waals surface area contributed by atoms with Crippen LogP contribution in [0.4, 0.5) is 5.69 Å². The highest BCUT2D eigenvalue weighted by Crippen LogP contribution is 2.18. The number of ether oxygens (including phenoxy) is 2. The number of carbonyl (C=O) groups is 3. The van der Waals surface area contributed by atoms with Crippen LogP contribution in [0.1, 0.15) is 28.9 Å². The lowest BCUT2D eigenvalue weighted by Crippen LogP contribution is -2.38. The van der Waals surface area contributed by atoms with E-state index in [1.54, 1.807) is 92.0 Å². The molecule has 0 aliphatic heterocycles. The average Bonchev–Trinajstić information content (AvgIpc) is 2.83. The lowest BCUT2D eigenvalue weighted by atomic mass is 10.1. The van der Waals surface area contributed by atoms with Gasteiger partial charge in [0.15, 0.2) is 12.1 Å². The fourth-order valence-electron chi connectivity index (χ4n) is 2.94. The van der Waals surface area contributed by atoms with Gasteiger partial charge in [-0.2, -0.15) is 0 Å². The van der Waals surface area contributed by atoms with Crippen molar-refractivity contribution in [3.63, 3.8) is 0 Å². The Balaban J connectivity index is 1.69. The predicted octanol–water partition coefficient (Wildman–Crippen LogP) is 3.74. The van der Waals surface area contributed by atoms with Crippen molar-refractivity contribution in [3.8, 4) is 5.75 Å². The molecule has 3 aromatic rings. The summed E-state index contributed by atoms with van der Waals surface area (Å²) in [6.07, 6.45) is -1.08. The molecule has 3 aromatic carbocycles. The molecule has 0 spiro atoms. The zero-order valence-electron chi connectivity index (χ0n) is 17.8. The van der Waals surface area contributed by atoms with E-state index < -0.39 is 29.9 Å². The summed E-state index contributed by atoms with van der Waals surface area (Å²) < 4.78 is 10.5. The molecule has 0 unspecified atom stereocenters. The summed E-state index contributed by atoms with van der Waals surface area (Å²) in [7, 11) is 1.55. The van der Waals surface area contributed by atoms with E-state index >= 15 is 0 Å². The van der Waals surface area contributed by atoms with Gasteiger partial charge in [0.05, 0.1) is 7.11 Å². The van der Waals surface area contributed by atoms with Gasteiger partial charge in [0.25, 0.3) is 11.8 Å². The summed E-state index contributed by atoms with van der Waals surface area (Å²) in [5, 5.41) is 5.38. The van der Waals surface area contributed by atoms with Crippen LogP contribution < -0.4 is 15.4 Å². The molecule has 0 saturated heterocycles. The second kappa shape index (κ2) is 10.8. The van der Waals surface area contributed by atoms with E-state index in [9.17, 15) is 14.4 Å². The topological polar surface area (TPSA) is 93.7 Å². The molecule has 7 nitrogen and oxygen atoms in total. The number of amides is 2. The largest absolute Gasteiger partial charge is 0.497 e. The fraction of sp³-hybridized carbons (Fsp3) is 0.160. The molecule has 0 fully saturated rings. The summed E-state index contributed by atoms with van der Waals surface area (Å²) in [6.45, 7) is 1.47. The standard InChI is InChI=1S/C25H24N2O5/c1-17(23(28)26-20-13-15-21(31-2)16-14-20)32-25(30)22(18-9-5-3-6-10-18)27-24(29)19-11-7-4-8-12-19/h3-17,22H,1-2H3,(H,26,28)(H,27,29)/t17-,22-/m1/s1. The van der Waals surface area contributed by atoms with Crippen LogP contribution in [0, 0.1) is 0 Å². The van der Waals surface area contributed by atoms with E-state index in [4.69, 9.17) is 9.47 Å². The zero-order chi connectivity index (χ0) is 22.9. The molecule has 164 valence electrons. The van der Waals surface area contributed by atoms with Crippen molar-refractivity contribution >= 4 is 23.5 Å². The number of carbonyl (C=O) groups excluding carboxylic acids is 3. The highest BCUT2D eigenvalue weighted by molar-refractivity contribution is 5.98. The lowest BCUT2D eigenvalue weighted by Gasteiger charge is -2.21. The van der Waals surface area contributed by atoms with Crippen molar-refractivity contribution in [2.24, 2.45) is 0 Å². The molecule has 0 aromatic heterocycles. The van der Waals surface area contributed by atoms with Gasteiger partial charge in [-0.1, -0.05) is 48.5 Å². The lowest BCUT2D eigenvalue weighted by molar-refractivity contribution is -0.155. The normalized spacial score (nSPS) is 12.2. The number of hydrogen-bond donors (Lipinski definition) is 2. The molecule has 2 N–H and O–H groups in total. The number of benzene rings is 3. The Labute approximate surface area is 186 Å². The van der Waals surface area contributed by atoms with Gasteiger partial charge in [-0.3, -0.25) is 9.59 Å². The summed E-state index contributed by atoms with van der Waals surface area (Å²) in [5.74, 6) is -1.00. The number of methoxy groups -OCH3 is 1. The van der Waals surface area contributed by atoms with Crippen molar-refractivity contribution in [1.29, 1.82) is 0 Å². The third-order valence-electron chi connectivity index (χ3n) is 4.70. The molecule has 2 atom stereocenters. The second-order valence-electron chi connectivity index (χ2n) is 6.98.